The lowest BCUT2D eigenvalue weighted by Crippen LogP contribution is -2.38. The van der Waals surface area contributed by atoms with Crippen LogP contribution >= 0.6 is 15.9 Å². The van der Waals surface area contributed by atoms with Crippen LogP contribution in [-0.4, -0.2) is 32.4 Å². The van der Waals surface area contributed by atoms with E-state index in [9.17, 15) is 4.39 Å². The van der Waals surface area contributed by atoms with Gasteiger partial charge in [-0.1, -0.05) is 13.8 Å². The average molecular weight is 320 g/mol. The molecule has 0 aliphatic carbocycles. The molecule has 3 nitrogen and oxygen atoms in total. The highest BCUT2D eigenvalue weighted by molar-refractivity contribution is 9.10. The second-order valence-corrected chi connectivity index (χ2v) is 5.19. The maximum Gasteiger partial charge on any atom is 0.137 e. The monoisotopic (exact) mass is 319 g/mol. The van der Waals surface area contributed by atoms with Crippen LogP contribution in [0.1, 0.15) is 13.8 Å². The Morgan fingerprint density at radius 2 is 2.11 bits per heavy atom. The fourth-order valence-corrected chi connectivity index (χ4v) is 1.79. The van der Waals surface area contributed by atoms with Gasteiger partial charge in [-0.2, -0.15) is 0 Å². The van der Waals surface area contributed by atoms with Crippen LogP contribution in [-0.2, 0) is 4.74 Å². The molecule has 5 heteroatoms. The fraction of sp³-hybridized carbons (Fsp3) is 0.538. The largest absolute Gasteiger partial charge is 0.487 e. The normalized spacial score (nSPS) is 12.8. The second kappa shape index (κ2) is 7.71. The molecule has 0 spiro atoms. The minimum absolute atomic E-state index is 0.102. The smallest absolute Gasteiger partial charge is 0.137 e. The Labute approximate surface area is 116 Å². The Morgan fingerprint density at radius 3 is 2.67 bits per heavy atom. The van der Waals surface area contributed by atoms with Crippen molar-refractivity contribution in [1.82, 2.24) is 5.32 Å². The molecular weight excluding hydrogens is 301 g/mol. The molecule has 0 radical (unpaired) electrons. The van der Waals surface area contributed by atoms with Gasteiger partial charge in [0.05, 0.1) is 11.1 Å². The van der Waals surface area contributed by atoms with Crippen molar-refractivity contribution >= 4 is 15.9 Å². The second-order valence-electron chi connectivity index (χ2n) is 4.33. The molecule has 0 saturated heterocycles. The van der Waals surface area contributed by atoms with Gasteiger partial charge in [0.1, 0.15) is 17.7 Å². The summed E-state index contributed by atoms with van der Waals surface area (Å²) in [5.74, 6) is 0.321. The molecule has 0 aliphatic heterocycles. The van der Waals surface area contributed by atoms with Crippen molar-refractivity contribution < 1.29 is 13.9 Å². The minimum Gasteiger partial charge on any atom is -0.487 e. The van der Waals surface area contributed by atoms with E-state index in [1.807, 2.05) is 0 Å². The molecule has 18 heavy (non-hydrogen) atoms. The Bertz CT molecular complexity index is 374. The Morgan fingerprint density at radius 1 is 1.39 bits per heavy atom. The molecule has 1 N–H and O–H groups in total. The van der Waals surface area contributed by atoms with Crippen molar-refractivity contribution in [2.75, 3.05) is 20.3 Å². The van der Waals surface area contributed by atoms with Gasteiger partial charge in [-0.05, 0) is 34.1 Å². The zero-order valence-electron chi connectivity index (χ0n) is 10.9. The number of rotatable bonds is 7. The Balaban J connectivity index is 2.61. The molecular formula is C13H19BrFNO2. The van der Waals surface area contributed by atoms with Crippen LogP contribution in [0.4, 0.5) is 4.39 Å². The summed E-state index contributed by atoms with van der Waals surface area (Å²) < 4.78 is 24.4. The van der Waals surface area contributed by atoms with Crippen molar-refractivity contribution in [1.29, 1.82) is 0 Å². The minimum atomic E-state index is -0.300. The summed E-state index contributed by atoms with van der Waals surface area (Å²) in [5.41, 5.74) is 0. The molecule has 0 aromatic heterocycles. The van der Waals surface area contributed by atoms with Crippen LogP contribution in [0.25, 0.3) is 0 Å². The van der Waals surface area contributed by atoms with Gasteiger partial charge in [-0.15, -0.1) is 0 Å². The first-order valence-electron chi connectivity index (χ1n) is 5.87. The van der Waals surface area contributed by atoms with Crippen LogP contribution in [0.5, 0.6) is 5.75 Å². The van der Waals surface area contributed by atoms with E-state index in [4.69, 9.17) is 9.47 Å². The summed E-state index contributed by atoms with van der Waals surface area (Å²) in [5, 5.41) is 3.29. The van der Waals surface area contributed by atoms with E-state index in [2.05, 4.69) is 35.1 Å². The van der Waals surface area contributed by atoms with Gasteiger partial charge in [0.2, 0.25) is 0 Å². The molecule has 1 atom stereocenters. The first kappa shape index (κ1) is 15.4. The van der Waals surface area contributed by atoms with Crippen molar-refractivity contribution in [3.63, 3.8) is 0 Å². The third-order valence-electron chi connectivity index (χ3n) is 2.30. The van der Waals surface area contributed by atoms with Gasteiger partial charge in [-0.25, -0.2) is 4.39 Å². The lowest BCUT2D eigenvalue weighted by atomic mass is 10.3. The number of hydrogen-bond donors (Lipinski definition) is 1. The van der Waals surface area contributed by atoms with Crippen LogP contribution in [0.15, 0.2) is 22.7 Å². The standard InChI is InChI=1S/C13H19BrFNO2/c1-9(2)16-7-11(8-17-3)18-10-4-5-13(15)12(14)6-10/h4-6,9,11,16H,7-8H2,1-3H3. The summed E-state index contributed by atoms with van der Waals surface area (Å²) in [7, 11) is 1.63. The lowest BCUT2D eigenvalue weighted by molar-refractivity contribution is 0.0793. The van der Waals surface area contributed by atoms with Crippen molar-refractivity contribution in [3.8, 4) is 5.75 Å². The fourth-order valence-electron chi connectivity index (χ4n) is 1.43. The van der Waals surface area contributed by atoms with Gasteiger partial charge in [-0.3, -0.25) is 0 Å². The quantitative estimate of drug-likeness (QED) is 0.838. The first-order chi connectivity index (χ1) is 8.52. The summed E-state index contributed by atoms with van der Waals surface area (Å²) in [4.78, 5) is 0. The van der Waals surface area contributed by atoms with Crippen molar-refractivity contribution in [2.24, 2.45) is 0 Å². The highest BCUT2D eigenvalue weighted by atomic mass is 79.9. The zero-order valence-corrected chi connectivity index (χ0v) is 12.5. The number of nitrogens with one attached hydrogen (secondary N) is 1. The SMILES string of the molecule is COCC(CNC(C)C)Oc1ccc(F)c(Br)c1. The highest BCUT2D eigenvalue weighted by Crippen LogP contribution is 2.22. The molecule has 1 rings (SSSR count). The van der Waals surface area contributed by atoms with Crippen LogP contribution in [0.2, 0.25) is 0 Å². The Kier molecular flexibility index (Phi) is 6.60. The molecule has 1 aromatic rings. The Hall–Kier alpha value is -0.650. The predicted molar refractivity (Wildman–Crippen MR) is 73.5 cm³/mol. The van der Waals surface area contributed by atoms with E-state index in [0.29, 0.717) is 29.4 Å². The third-order valence-corrected chi connectivity index (χ3v) is 2.91. The third kappa shape index (κ3) is 5.33. The number of methoxy groups -OCH3 is 1. The maximum absolute atomic E-state index is 13.1. The topological polar surface area (TPSA) is 30.5 Å². The molecule has 1 unspecified atom stereocenters. The molecule has 0 aliphatic rings. The molecule has 0 saturated carbocycles. The lowest BCUT2D eigenvalue weighted by Gasteiger charge is -2.20. The van der Waals surface area contributed by atoms with Crippen LogP contribution in [0, 0.1) is 5.82 Å². The average Bonchev–Trinajstić information content (AvgIpc) is 2.31. The molecule has 0 heterocycles. The van der Waals surface area contributed by atoms with E-state index in [1.54, 1.807) is 19.2 Å². The van der Waals surface area contributed by atoms with Gasteiger partial charge < -0.3 is 14.8 Å². The molecule has 0 fully saturated rings. The number of benzene rings is 1. The van der Waals surface area contributed by atoms with E-state index < -0.39 is 0 Å². The molecule has 102 valence electrons. The number of ether oxygens (including phenoxy) is 2. The molecule has 0 bridgehead atoms. The predicted octanol–water partition coefficient (Wildman–Crippen LogP) is 2.98. The van der Waals surface area contributed by atoms with E-state index >= 15 is 0 Å². The summed E-state index contributed by atoms with van der Waals surface area (Å²) >= 11 is 3.14. The van der Waals surface area contributed by atoms with E-state index in [1.165, 1.54) is 6.07 Å². The highest BCUT2D eigenvalue weighted by Gasteiger charge is 2.12. The van der Waals surface area contributed by atoms with E-state index in [0.717, 1.165) is 0 Å². The molecule has 0 amide bonds. The number of halogens is 2. The van der Waals surface area contributed by atoms with Crippen molar-refractivity contribution in [3.05, 3.63) is 28.5 Å². The zero-order chi connectivity index (χ0) is 13.5. The van der Waals surface area contributed by atoms with Gasteiger partial charge in [0.15, 0.2) is 0 Å². The summed E-state index contributed by atoms with van der Waals surface area (Å²) in [6, 6.07) is 4.98. The maximum atomic E-state index is 13.1. The van der Waals surface area contributed by atoms with Crippen LogP contribution in [0.3, 0.4) is 0 Å². The van der Waals surface area contributed by atoms with Gasteiger partial charge >= 0.3 is 0 Å². The van der Waals surface area contributed by atoms with Crippen molar-refractivity contribution in [2.45, 2.75) is 26.0 Å². The summed E-state index contributed by atoms with van der Waals surface area (Å²) in [6.07, 6.45) is -0.102. The van der Waals surface area contributed by atoms with E-state index in [-0.39, 0.29) is 11.9 Å². The van der Waals surface area contributed by atoms with Gasteiger partial charge in [0.25, 0.3) is 0 Å². The van der Waals surface area contributed by atoms with Crippen LogP contribution < -0.4 is 10.1 Å². The first-order valence-corrected chi connectivity index (χ1v) is 6.66. The summed E-state index contributed by atoms with van der Waals surface area (Å²) in [6.45, 7) is 5.30. The molecule has 1 aromatic carbocycles. The number of hydrogen-bond acceptors (Lipinski definition) is 3. The van der Waals surface area contributed by atoms with Gasteiger partial charge in [0, 0.05) is 19.7 Å².